The number of rotatable bonds is 8. The van der Waals surface area contributed by atoms with Crippen LogP contribution in [0.15, 0.2) is 47.9 Å². The summed E-state index contributed by atoms with van der Waals surface area (Å²) in [6, 6.07) is 6.43. The molecule has 0 spiro atoms. The lowest BCUT2D eigenvalue weighted by Gasteiger charge is -2.29. The van der Waals surface area contributed by atoms with E-state index in [0.717, 1.165) is 42.5 Å². The van der Waals surface area contributed by atoms with E-state index in [4.69, 9.17) is 0 Å². The molecule has 2 aliphatic carbocycles. The van der Waals surface area contributed by atoms with Crippen molar-refractivity contribution in [1.82, 2.24) is 20.9 Å². The fourth-order valence-electron chi connectivity index (χ4n) is 5.29. The Kier molecular flexibility index (Phi) is 6.33. The molecule has 1 unspecified atom stereocenters. The summed E-state index contributed by atoms with van der Waals surface area (Å²) in [5, 5.41) is 19.0. The standard InChI is InChI=1S/C28H32FN5O2/c1-17(14-31-2)20-9-18(10-22(29)11-20)15-32-26(35)25-13-23(12-24(33-25)19-3-4-19)34-8-7-28(16-30,27(34)36)21-5-6-21/h9-14,19,21,25,31,33H,3-8,15H2,1-2H3,(H,32,35)/b17-14+/t25?,28-/m1/s1. The zero-order chi connectivity index (χ0) is 25.4. The number of carbonyl (C=O) groups is 2. The third kappa shape index (κ3) is 4.62. The minimum absolute atomic E-state index is 0.136. The number of nitriles is 1. The van der Waals surface area contributed by atoms with Crippen molar-refractivity contribution in [1.29, 1.82) is 5.26 Å². The van der Waals surface area contributed by atoms with Crippen molar-refractivity contribution >= 4 is 17.4 Å². The molecule has 5 rings (SSSR count). The Morgan fingerprint density at radius 1 is 1.31 bits per heavy atom. The minimum Gasteiger partial charge on any atom is -0.394 e. The van der Waals surface area contributed by atoms with Crippen molar-refractivity contribution in [3.05, 3.63) is 64.9 Å². The normalized spacial score (nSPS) is 26.1. The molecule has 1 aromatic rings. The molecule has 7 nitrogen and oxygen atoms in total. The lowest BCUT2D eigenvalue weighted by atomic mass is 9.82. The number of carbonyl (C=O) groups excluding carboxylic acids is 2. The molecule has 188 valence electrons. The zero-order valence-electron chi connectivity index (χ0n) is 20.7. The minimum atomic E-state index is -0.925. The number of hydrogen-bond acceptors (Lipinski definition) is 5. The monoisotopic (exact) mass is 489 g/mol. The fourth-order valence-corrected chi connectivity index (χ4v) is 5.29. The highest BCUT2D eigenvalue weighted by Crippen LogP contribution is 2.52. The maximum atomic E-state index is 14.2. The van der Waals surface area contributed by atoms with E-state index in [1.54, 1.807) is 24.2 Å². The van der Waals surface area contributed by atoms with E-state index in [9.17, 15) is 19.2 Å². The van der Waals surface area contributed by atoms with Gasteiger partial charge in [-0.2, -0.15) is 5.26 Å². The molecule has 36 heavy (non-hydrogen) atoms. The van der Waals surface area contributed by atoms with Crippen molar-refractivity contribution in [2.75, 3.05) is 13.6 Å². The molecule has 4 aliphatic rings. The molecular formula is C28H32FN5O2. The molecule has 2 heterocycles. The van der Waals surface area contributed by atoms with Crippen molar-refractivity contribution in [3.63, 3.8) is 0 Å². The smallest absolute Gasteiger partial charge is 0.247 e. The van der Waals surface area contributed by atoms with Gasteiger partial charge in [-0.1, -0.05) is 0 Å². The molecule has 8 heteroatoms. The third-order valence-corrected chi connectivity index (χ3v) is 7.65. The zero-order valence-corrected chi connectivity index (χ0v) is 20.7. The largest absolute Gasteiger partial charge is 0.394 e. The molecule has 2 aliphatic heterocycles. The predicted molar refractivity (Wildman–Crippen MR) is 134 cm³/mol. The van der Waals surface area contributed by atoms with E-state index in [0.29, 0.717) is 30.1 Å². The summed E-state index contributed by atoms with van der Waals surface area (Å²) in [5.41, 5.74) is 3.03. The summed E-state index contributed by atoms with van der Waals surface area (Å²) < 4.78 is 14.2. The third-order valence-electron chi connectivity index (χ3n) is 7.65. The van der Waals surface area contributed by atoms with Gasteiger partial charge in [0.1, 0.15) is 17.3 Å². The molecule has 0 bridgehead atoms. The summed E-state index contributed by atoms with van der Waals surface area (Å²) in [4.78, 5) is 28.2. The average molecular weight is 490 g/mol. The maximum absolute atomic E-state index is 14.2. The molecule has 1 aromatic carbocycles. The van der Waals surface area contributed by atoms with Gasteiger partial charge in [0, 0.05) is 31.5 Å². The number of nitrogens with one attached hydrogen (secondary N) is 3. The molecule has 2 atom stereocenters. The molecule has 1 saturated heterocycles. The summed E-state index contributed by atoms with van der Waals surface area (Å²) >= 11 is 0. The van der Waals surface area contributed by atoms with Gasteiger partial charge in [-0.05, 0) is 104 Å². The highest BCUT2D eigenvalue weighted by molar-refractivity contribution is 5.91. The Hall–Kier alpha value is -3.60. The number of dihydropyridines is 1. The summed E-state index contributed by atoms with van der Waals surface area (Å²) in [6.45, 7) is 2.56. The predicted octanol–water partition coefficient (Wildman–Crippen LogP) is 3.32. The van der Waals surface area contributed by atoms with Crippen LogP contribution >= 0.6 is 0 Å². The van der Waals surface area contributed by atoms with E-state index < -0.39 is 11.5 Å². The van der Waals surface area contributed by atoms with E-state index in [-0.39, 0.29) is 30.1 Å². The van der Waals surface area contributed by atoms with Gasteiger partial charge >= 0.3 is 0 Å². The van der Waals surface area contributed by atoms with Gasteiger partial charge in [-0.15, -0.1) is 0 Å². The molecule has 2 amide bonds. The number of benzene rings is 1. The van der Waals surface area contributed by atoms with Crippen LogP contribution in [0.25, 0.3) is 5.57 Å². The van der Waals surface area contributed by atoms with Crippen LogP contribution in [0.2, 0.25) is 0 Å². The molecular weight excluding hydrogens is 457 g/mol. The first kappa shape index (κ1) is 24.1. The molecule has 3 fully saturated rings. The lowest BCUT2D eigenvalue weighted by Crippen LogP contribution is -2.45. The summed E-state index contributed by atoms with van der Waals surface area (Å²) in [7, 11) is 1.79. The number of amides is 2. The molecule has 0 radical (unpaired) electrons. The second kappa shape index (κ2) is 9.45. The van der Waals surface area contributed by atoms with Gasteiger partial charge in [0.05, 0.1) is 6.07 Å². The van der Waals surface area contributed by atoms with E-state index in [2.05, 4.69) is 22.0 Å². The first-order valence-electron chi connectivity index (χ1n) is 12.7. The molecule has 2 saturated carbocycles. The van der Waals surface area contributed by atoms with Crippen LogP contribution in [0.1, 0.15) is 50.2 Å². The number of likely N-dealkylation sites (tertiary alicyclic amines) is 1. The van der Waals surface area contributed by atoms with E-state index in [1.165, 1.54) is 12.1 Å². The summed E-state index contributed by atoms with van der Waals surface area (Å²) in [5.74, 6) is -0.229. The number of halogens is 1. The second-order valence-corrected chi connectivity index (χ2v) is 10.3. The van der Waals surface area contributed by atoms with E-state index >= 15 is 0 Å². The summed E-state index contributed by atoms with van der Waals surface area (Å²) in [6.07, 6.45) is 10.0. The Labute approximate surface area is 211 Å². The van der Waals surface area contributed by atoms with Crippen molar-refractivity contribution in [2.24, 2.45) is 17.3 Å². The number of allylic oxidation sites excluding steroid dienone is 3. The van der Waals surface area contributed by atoms with Crippen molar-refractivity contribution in [3.8, 4) is 6.07 Å². The highest BCUT2D eigenvalue weighted by Gasteiger charge is 2.57. The Morgan fingerprint density at radius 2 is 2.08 bits per heavy atom. The average Bonchev–Trinajstić information content (AvgIpc) is 3.79. The Bertz CT molecular complexity index is 1220. The highest BCUT2D eigenvalue weighted by atomic mass is 19.1. The quantitative estimate of drug-likeness (QED) is 0.521. The van der Waals surface area contributed by atoms with Crippen LogP contribution in [-0.2, 0) is 16.1 Å². The second-order valence-electron chi connectivity index (χ2n) is 10.3. The Morgan fingerprint density at radius 3 is 2.75 bits per heavy atom. The van der Waals surface area contributed by atoms with Crippen LogP contribution in [-0.4, -0.2) is 36.3 Å². The fraction of sp³-hybridized carbons (Fsp3) is 0.464. The number of hydrogen-bond donors (Lipinski definition) is 3. The van der Waals surface area contributed by atoms with E-state index in [1.807, 2.05) is 19.1 Å². The van der Waals surface area contributed by atoms with Crippen molar-refractivity contribution < 1.29 is 14.0 Å². The van der Waals surface area contributed by atoms with Gasteiger partial charge in [0.25, 0.3) is 0 Å². The van der Waals surface area contributed by atoms with Gasteiger partial charge in [-0.3, -0.25) is 9.59 Å². The van der Waals surface area contributed by atoms with Crippen LogP contribution in [0.5, 0.6) is 0 Å². The molecule has 0 aromatic heterocycles. The van der Waals surface area contributed by atoms with Crippen LogP contribution in [0.4, 0.5) is 4.39 Å². The van der Waals surface area contributed by atoms with Gasteiger partial charge in [-0.25, -0.2) is 4.39 Å². The molecule has 3 N–H and O–H groups in total. The van der Waals surface area contributed by atoms with Gasteiger partial charge in [0.15, 0.2) is 0 Å². The van der Waals surface area contributed by atoms with Gasteiger partial charge < -0.3 is 20.9 Å². The van der Waals surface area contributed by atoms with Gasteiger partial charge in [0.2, 0.25) is 11.8 Å². The first-order valence-corrected chi connectivity index (χ1v) is 12.7. The lowest BCUT2D eigenvalue weighted by molar-refractivity contribution is -0.132. The van der Waals surface area contributed by atoms with Crippen LogP contribution in [0, 0.1) is 34.4 Å². The topological polar surface area (TPSA) is 97.3 Å². The first-order chi connectivity index (χ1) is 17.3. The van der Waals surface area contributed by atoms with Crippen LogP contribution in [0.3, 0.4) is 0 Å². The number of nitrogens with zero attached hydrogens (tertiary/aromatic N) is 2. The maximum Gasteiger partial charge on any atom is 0.247 e. The van der Waals surface area contributed by atoms with Crippen molar-refractivity contribution in [2.45, 2.75) is 51.6 Å². The van der Waals surface area contributed by atoms with Crippen LogP contribution < -0.4 is 16.0 Å². The Balaban J connectivity index is 1.32. The SMILES string of the molecule is CN/C=C(\C)c1cc(F)cc(CNC(=O)C2C=C(N3CC[C@@](C#N)(C4CC4)C3=O)C=C(C3CC3)N2)c1.